The number of hydrogen-bond donors (Lipinski definition) is 0. The summed E-state index contributed by atoms with van der Waals surface area (Å²) in [7, 11) is 1.26. The largest absolute Gasteiger partial charge is 0.468 e. The number of carbonyl (C=O) groups is 3. The Kier molecular flexibility index (Phi) is 4.38. The predicted molar refractivity (Wildman–Crippen MR) is 68.3 cm³/mol. The first-order valence-corrected chi connectivity index (χ1v) is 6.52. The van der Waals surface area contributed by atoms with E-state index in [1.54, 1.807) is 27.7 Å². The summed E-state index contributed by atoms with van der Waals surface area (Å²) in [5.41, 5.74) is -2.02. The number of methoxy groups -OCH3 is 1. The van der Waals surface area contributed by atoms with Gasteiger partial charge in [-0.05, 0) is 27.2 Å². The molecule has 0 amide bonds. The van der Waals surface area contributed by atoms with Gasteiger partial charge in [0.15, 0.2) is 5.78 Å². The fourth-order valence-corrected chi connectivity index (χ4v) is 2.46. The number of esters is 2. The number of hydrogen-bond acceptors (Lipinski definition) is 5. The zero-order chi connectivity index (χ0) is 14.8. The molecule has 3 unspecified atom stereocenters. The predicted octanol–water partition coefficient (Wildman–Crippen LogP) is 1.88. The van der Waals surface area contributed by atoms with Crippen molar-refractivity contribution in [3.63, 3.8) is 0 Å². The topological polar surface area (TPSA) is 69.7 Å². The van der Waals surface area contributed by atoms with Crippen LogP contribution in [0.5, 0.6) is 0 Å². The number of Topliss-reactive ketones (excluding diaryl/α,β-unsaturated/α-hetero) is 1. The average Bonchev–Trinajstić information content (AvgIpc) is 2.60. The monoisotopic (exact) mass is 270 g/mol. The number of ether oxygens (including phenoxy) is 2. The fraction of sp³-hybridized carbons (Fsp3) is 0.786. The number of rotatable bonds is 5. The van der Waals surface area contributed by atoms with Crippen LogP contribution in [0.3, 0.4) is 0 Å². The third kappa shape index (κ3) is 2.80. The molecule has 1 aliphatic heterocycles. The zero-order valence-corrected chi connectivity index (χ0v) is 12.2. The normalized spacial score (nSPS) is 29.5. The maximum atomic E-state index is 12.4. The van der Waals surface area contributed by atoms with Crippen LogP contribution in [0.2, 0.25) is 0 Å². The standard InChI is InChI=1S/C14H22O5/c1-6-14(4,12(17)18-5)10(15)8-13(3)7-9(2)19-11(13)16/h9H,6-8H2,1-5H3. The maximum absolute atomic E-state index is 12.4. The van der Waals surface area contributed by atoms with E-state index in [2.05, 4.69) is 0 Å². The lowest BCUT2D eigenvalue weighted by atomic mass is 9.73. The van der Waals surface area contributed by atoms with Gasteiger partial charge in [-0.2, -0.15) is 0 Å². The molecule has 0 aromatic carbocycles. The molecular weight excluding hydrogens is 248 g/mol. The molecule has 0 N–H and O–H groups in total. The average molecular weight is 270 g/mol. The van der Waals surface area contributed by atoms with Gasteiger partial charge in [0.25, 0.3) is 0 Å². The smallest absolute Gasteiger partial charge is 0.319 e. The van der Waals surface area contributed by atoms with Crippen molar-refractivity contribution in [2.45, 2.75) is 53.1 Å². The van der Waals surface area contributed by atoms with Crippen molar-refractivity contribution in [1.82, 2.24) is 0 Å². The lowest BCUT2D eigenvalue weighted by molar-refractivity contribution is -0.160. The van der Waals surface area contributed by atoms with Crippen LogP contribution in [0.15, 0.2) is 0 Å². The van der Waals surface area contributed by atoms with Gasteiger partial charge >= 0.3 is 11.9 Å². The van der Waals surface area contributed by atoms with Crippen molar-refractivity contribution in [3.8, 4) is 0 Å². The van der Waals surface area contributed by atoms with Gasteiger partial charge in [-0.1, -0.05) is 6.92 Å². The van der Waals surface area contributed by atoms with Crippen LogP contribution < -0.4 is 0 Å². The van der Waals surface area contributed by atoms with E-state index in [1.807, 2.05) is 0 Å². The molecule has 1 saturated heterocycles. The molecule has 19 heavy (non-hydrogen) atoms. The Hall–Kier alpha value is -1.39. The molecule has 3 atom stereocenters. The van der Waals surface area contributed by atoms with Crippen LogP contribution in [-0.2, 0) is 23.9 Å². The van der Waals surface area contributed by atoms with Crippen molar-refractivity contribution >= 4 is 17.7 Å². The first-order valence-electron chi connectivity index (χ1n) is 6.52. The quantitative estimate of drug-likeness (QED) is 0.563. The lowest BCUT2D eigenvalue weighted by Crippen LogP contribution is -2.40. The van der Waals surface area contributed by atoms with Gasteiger partial charge in [0.05, 0.1) is 12.5 Å². The second kappa shape index (κ2) is 5.31. The van der Waals surface area contributed by atoms with E-state index in [-0.39, 0.29) is 24.3 Å². The molecule has 0 aromatic heterocycles. The van der Waals surface area contributed by atoms with E-state index in [4.69, 9.17) is 9.47 Å². The molecule has 1 heterocycles. The lowest BCUT2D eigenvalue weighted by Gasteiger charge is -2.27. The molecule has 0 radical (unpaired) electrons. The number of cyclic esters (lactones) is 1. The molecule has 0 bridgehead atoms. The van der Waals surface area contributed by atoms with Gasteiger partial charge in [0, 0.05) is 12.8 Å². The molecule has 5 nitrogen and oxygen atoms in total. The van der Waals surface area contributed by atoms with Gasteiger partial charge in [-0.25, -0.2) is 0 Å². The van der Waals surface area contributed by atoms with Gasteiger partial charge in [0.2, 0.25) is 0 Å². The van der Waals surface area contributed by atoms with E-state index in [0.29, 0.717) is 12.8 Å². The molecule has 1 rings (SSSR count). The molecule has 0 aromatic rings. The van der Waals surface area contributed by atoms with Crippen LogP contribution in [0.4, 0.5) is 0 Å². The molecule has 0 saturated carbocycles. The molecule has 1 aliphatic rings. The summed E-state index contributed by atoms with van der Waals surface area (Å²) < 4.78 is 9.80. The molecule has 1 fully saturated rings. The summed E-state index contributed by atoms with van der Waals surface area (Å²) in [6, 6.07) is 0. The summed E-state index contributed by atoms with van der Waals surface area (Å²) in [5.74, 6) is -1.19. The van der Waals surface area contributed by atoms with Crippen LogP contribution in [-0.4, -0.2) is 30.9 Å². The van der Waals surface area contributed by atoms with E-state index in [0.717, 1.165) is 0 Å². The maximum Gasteiger partial charge on any atom is 0.319 e. The van der Waals surface area contributed by atoms with Crippen molar-refractivity contribution in [3.05, 3.63) is 0 Å². The van der Waals surface area contributed by atoms with Crippen LogP contribution in [0, 0.1) is 10.8 Å². The first-order chi connectivity index (χ1) is 8.69. The first kappa shape index (κ1) is 15.7. The minimum atomic E-state index is -1.19. The molecule has 108 valence electrons. The van der Waals surface area contributed by atoms with Crippen LogP contribution >= 0.6 is 0 Å². The molecular formula is C14H22O5. The summed E-state index contributed by atoms with van der Waals surface area (Å²) in [6.45, 7) is 6.83. The second-order valence-corrected chi connectivity index (χ2v) is 5.76. The molecule has 5 heteroatoms. The van der Waals surface area contributed by atoms with Crippen molar-refractivity contribution in [2.24, 2.45) is 10.8 Å². The fourth-order valence-electron chi connectivity index (χ4n) is 2.46. The third-order valence-electron chi connectivity index (χ3n) is 4.05. The summed E-state index contributed by atoms with van der Waals surface area (Å²) in [4.78, 5) is 36.0. The van der Waals surface area contributed by atoms with Gasteiger partial charge in [-0.3, -0.25) is 14.4 Å². The summed E-state index contributed by atoms with van der Waals surface area (Å²) in [6.07, 6.45) is 0.671. The Labute approximate surface area is 113 Å². The summed E-state index contributed by atoms with van der Waals surface area (Å²) >= 11 is 0. The Balaban J connectivity index is 2.90. The molecule has 0 spiro atoms. The molecule has 0 aliphatic carbocycles. The van der Waals surface area contributed by atoms with E-state index >= 15 is 0 Å². The number of carbonyl (C=O) groups excluding carboxylic acids is 3. The zero-order valence-electron chi connectivity index (χ0n) is 12.2. The Morgan fingerprint density at radius 1 is 1.53 bits per heavy atom. The highest BCUT2D eigenvalue weighted by Gasteiger charge is 2.49. The van der Waals surface area contributed by atoms with Gasteiger partial charge < -0.3 is 9.47 Å². The highest BCUT2D eigenvalue weighted by Crippen LogP contribution is 2.40. The SMILES string of the molecule is CCC(C)(C(=O)CC1(C)CC(C)OC1=O)C(=O)OC. The van der Waals surface area contributed by atoms with Crippen molar-refractivity contribution in [1.29, 1.82) is 0 Å². The van der Waals surface area contributed by atoms with Gasteiger partial charge in [0.1, 0.15) is 11.5 Å². The van der Waals surface area contributed by atoms with E-state index in [9.17, 15) is 14.4 Å². The third-order valence-corrected chi connectivity index (χ3v) is 4.05. The highest BCUT2D eigenvalue weighted by molar-refractivity contribution is 6.04. The highest BCUT2D eigenvalue weighted by atomic mass is 16.6. The Bertz CT molecular complexity index is 403. The van der Waals surface area contributed by atoms with Crippen LogP contribution in [0.25, 0.3) is 0 Å². The Morgan fingerprint density at radius 3 is 2.47 bits per heavy atom. The van der Waals surface area contributed by atoms with Gasteiger partial charge in [-0.15, -0.1) is 0 Å². The second-order valence-electron chi connectivity index (χ2n) is 5.76. The summed E-state index contributed by atoms with van der Waals surface area (Å²) in [5, 5.41) is 0. The van der Waals surface area contributed by atoms with Crippen LogP contribution in [0.1, 0.15) is 47.0 Å². The minimum absolute atomic E-state index is 0.00954. The van der Waals surface area contributed by atoms with Crippen molar-refractivity contribution < 1.29 is 23.9 Å². The van der Waals surface area contributed by atoms with Crippen molar-refractivity contribution in [2.75, 3.05) is 7.11 Å². The number of ketones is 1. The van der Waals surface area contributed by atoms with E-state index in [1.165, 1.54) is 7.11 Å². The minimum Gasteiger partial charge on any atom is -0.468 e. The Morgan fingerprint density at radius 2 is 2.11 bits per heavy atom. The van der Waals surface area contributed by atoms with E-state index < -0.39 is 16.8 Å².